The number of carboxylic acid groups (broad SMARTS) is 2. The Balaban J connectivity index is 2.58. The van der Waals surface area contributed by atoms with E-state index in [1.165, 1.54) is 0 Å². The van der Waals surface area contributed by atoms with Crippen LogP contribution in [-0.2, 0) is 9.59 Å². The number of carboxylic acids is 2. The molecule has 0 aliphatic carbocycles. The molecular formula is C13H20N6O6. The molecule has 138 valence electrons. The molecule has 1 heterocycles. The van der Waals surface area contributed by atoms with Gasteiger partial charge in [-0.15, -0.1) is 0 Å². The average Bonchev–Trinajstić information content (AvgIpc) is 3.04. The molecule has 2 atom stereocenters. The maximum Gasteiger partial charge on any atom is 0.328 e. The number of aromatic nitrogens is 3. The standard InChI is InChI=1S/C13H20N6O6/c1-6(2)3-7(11(21)22)17-13(25)18-8(12(23)24)4-14-10(20)9-15-5-16-19-9/h5-8H,3-4H2,1-2H3,(H,14,20)(H,21,22)(H,23,24)(H,15,16,19)(H2,17,18,25)/t7-,8-/m0/s1. The summed E-state index contributed by atoms with van der Waals surface area (Å²) < 4.78 is 0. The van der Waals surface area contributed by atoms with Gasteiger partial charge in [-0.2, -0.15) is 5.10 Å². The van der Waals surface area contributed by atoms with Crippen LogP contribution in [0.2, 0.25) is 0 Å². The van der Waals surface area contributed by atoms with Crippen molar-refractivity contribution in [2.45, 2.75) is 32.4 Å². The highest BCUT2D eigenvalue weighted by Gasteiger charge is 2.25. The molecule has 0 unspecified atom stereocenters. The topological polar surface area (TPSA) is 186 Å². The first-order chi connectivity index (χ1) is 11.7. The Kier molecular flexibility index (Phi) is 7.31. The van der Waals surface area contributed by atoms with Gasteiger partial charge >= 0.3 is 18.0 Å². The molecule has 12 heteroatoms. The van der Waals surface area contributed by atoms with Gasteiger partial charge in [-0.1, -0.05) is 13.8 Å². The predicted octanol–water partition coefficient (Wildman–Crippen LogP) is -1.21. The van der Waals surface area contributed by atoms with Crippen LogP contribution in [0.25, 0.3) is 0 Å². The maximum absolute atomic E-state index is 11.8. The van der Waals surface area contributed by atoms with Crippen molar-refractivity contribution in [3.8, 4) is 0 Å². The molecule has 0 aromatic carbocycles. The first kappa shape index (κ1) is 19.9. The van der Waals surface area contributed by atoms with Crippen molar-refractivity contribution in [1.82, 2.24) is 31.1 Å². The molecule has 12 nitrogen and oxygen atoms in total. The van der Waals surface area contributed by atoms with Gasteiger partial charge in [0.15, 0.2) is 0 Å². The van der Waals surface area contributed by atoms with Gasteiger partial charge in [0, 0.05) is 6.54 Å². The number of aliphatic carboxylic acids is 2. The minimum Gasteiger partial charge on any atom is -0.480 e. The van der Waals surface area contributed by atoms with Crippen molar-refractivity contribution in [2.24, 2.45) is 5.92 Å². The van der Waals surface area contributed by atoms with E-state index in [1.54, 1.807) is 13.8 Å². The lowest BCUT2D eigenvalue weighted by Crippen LogP contribution is -2.54. The molecule has 1 aromatic rings. The van der Waals surface area contributed by atoms with E-state index in [0.717, 1.165) is 6.33 Å². The summed E-state index contributed by atoms with van der Waals surface area (Å²) in [6.07, 6.45) is 1.29. The van der Waals surface area contributed by atoms with E-state index >= 15 is 0 Å². The molecule has 0 fully saturated rings. The van der Waals surface area contributed by atoms with Gasteiger partial charge in [0.1, 0.15) is 18.4 Å². The molecule has 3 amide bonds. The lowest BCUT2D eigenvalue weighted by molar-refractivity contribution is -0.139. The Bertz CT molecular complexity index is 617. The van der Waals surface area contributed by atoms with Gasteiger partial charge in [0.2, 0.25) is 5.82 Å². The summed E-state index contributed by atoms with van der Waals surface area (Å²) in [5.74, 6) is -3.43. The molecule has 0 saturated heterocycles. The van der Waals surface area contributed by atoms with Crippen LogP contribution in [-0.4, -0.2) is 67.9 Å². The fourth-order valence-corrected chi connectivity index (χ4v) is 1.84. The number of urea groups is 1. The van der Waals surface area contributed by atoms with Crippen LogP contribution < -0.4 is 16.0 Å². The zero-order valence-electron chi connectivity index (χ0n) is 13.6. The highest BCUT2D eigenvalue weighted by Crippen LogP contribution is 2.04. The summed E-state index contributed by atoms with van der Waals surface area (Å²) in [5, 5.41) is 30.5. The van der Waals surface area contributed by atoms with Gasteiger partial charge in [-0.3, -0.25) is 9.89 Å². The lowest BCUT2D eigenvalue weighted by atomic mass is 10.0. The van der Waals surface area contributed by atoms with E-state index < -0.39 is 42.5 Å². The Morgan fingerprint density at radius 3 is 2.20 bits per heavy atom. The number of hydrogen-bond acceptors (Lipinski definition) is 6. The molecule has 1 rings (SSSR count). The third-order valence-electron chi connectivity index (χ3n) is 3.01. The number of aromatic amines is 1. The third-order valence-corrected chi connectivity index (χ3v) is 3.01. The monoisotopic (exact) mass is 356 g/mol. The largest absolute Gasteiger partial charge is 0.480 e. The maximum atomic E-state index is 11.8. The first-order valence-electron chi connectivity index (χ1n) is 7.37. The summed E-state index contributed by atoms with van der Waals surface area (Å²) in [7, 11) is 0. The Labute approximate surface area is 142 Å². The first-order valence-corrected chi connectivity index (χ1v) is 7.37. The smallest absolute Gasteiger partial charge is 0.328 e. The quantitative estimate of drug-likeness (QED) is 0.318. The zero-order chi connectivity index (χ0) is 19.0. The minimum absolute atomic E-state index is 0.0119. The molecule has 0 radical (unpaired) electrons. The summed E-state index contributed by atoms with van der Waals surface area (Å²) in [4.78, 5) is 49.4. The van der Waals surface area contributed by atoms with Crippen LogP contribution >= 0.6 is 0 Å². The van der Waals surface area contributed by atoms with E-state index in [9.17, 15) is 19.2 Å². The molecule has 0 aliphatic rings. The number of H-pyrrole nitrogens is 1. The van der Waals surface area contributed by atoms with Gasteiger partial charge in [-0.25, -0.2) is 19.4 Å². The number of rotatable bonds is 9. The van der Waals surface area contributed by atoms with Gasteiger partial charge in [-0.05, 0) is 12.3 Å². The number of amides is 3. The van der Waals surface area contributed by atoms with Gasteiger partial charge < -0.3 is 26.2 Å². The fraction of sp³-hybridized carbons (Fsp3) is 0.538. The van der Waals surface area contributed by atoms with Crippen LogP contribution in [0.4, 0.5) is 4.79 Å². The molecule has 25 heavy (non-hydrogen) atoms. The van der Waals surface area contributed by atoms with Crippen LogP contribution in [0.15, 0.2) is 6.33 Å². The summed E-state index contributed by atoms with van der Waals surface area (Å²) >= 11 is 0. The van der Waals surface area contributed by atoms with E-state index in [0.29, 0.717) is 0 Å². The molecule has 6 N–H and O–H groups in total. The van der Waals surface area contributed by atoms with E-state index in [-0.39, 0.29) is 18.2 Å². The van der Waals surface area contributed by atoms with E-state index in [2.05, 4.69) is 31.1 Å². The summed E-state index contributed by atoms with van der Waals surface area (Å²) in [6.45, 7) is 3.15. The number of hydrogen-bond donors (Lipinski definition) is 6. The number of carbonyl (C=O) groups excluding carboxylic acids is 2. The molecular weight excluding hydrogens is 336 g/mol. The SMILES string of the molecule is CC(C)C[C@H](NC(=O)N[C@@H](CNC(=O)c1ncn[nH]1)C(=O)O)C(=O)O. The molecule has 0 bridgehead atoms. The molecule has 0 spiro atoms. The molecule has 0 saturated carbocycles. The van der Waals surface area contributed by atoms with Gasteiger partial charge in [0.05, 0.1) is 0 Å². The van der Waals surface area contributed by atoms with Crippen molar-refractivity contribution in [2.75, 3.05) is 6.54 Å². The van der Waals surface area contributed by atoms with Crippen LogP contribution in [0.3, 0.4) is 0 Å². The highest BCUT2D eigenvalue weighted by atomic mass is 16.4. The summed E-state index contributed by atoms with van der Waals surface area (Å²) in [6, 6.07) is -3.58. The van der Waals surface area contributed by atoms with Crippen LogP contribution in [0.5, 0.6) is 0 Å². The zero-order valence-corrected chi connectivity index (χ0v) is 13.6. The van der Waals surface area contributed by atoms with E-state index in [1.807, 2.05) is 0 Å². The lowest BCUT2D eigenvalue weighted by Gasteiger charge is -2.19. The highest BCUT2D eigenvalue weighted by molar-refractivity contribution is 5.91. The van der Waals surface area contributed by atoms with E-state index in [4.69, 9.17) is 10.2 Å². The van der Waals surface area contributed by atoms with Crippen molar-refractivity contribution in [1.29, 1.82) is 0 Å². The fourth-order valence-electron chi connectivity index (χ4n) is 1.84. The second-order valence-electron chi connectivity index (χ2n) is 5.57. The minimum atomic E-state index is -1.46. The van der Waals surface area contributed by atoms with Crippen molar-refractivity contribution >= 4 is 23.9 Å². The number of nitrogens with zero attached hydrogens (tertiary/aromatic N) is 2. The Morgan fingerprint density at radius 1 is 1.12 bits per heavy atom. The Hall–Kier alpha value is -3.18. The Morgan fingerprint density at radius 2 is 1.72 bits per heavy atom. The van der Waals surface area contributed by atoms with Crippen LogP contribution in [0.1, 0.15) is 30.9 Å². The molecule has 0 aliphatic heterocycles. The predicted molar refractivity (Wildman–Crippen MR) is 82.7 cm³/mol. The van der Waals surface area contributed by atoms with Gasteiger partial charge in [0.25, 0.3) is 5.91 Å². The number of nitrogens with one attached hydrogen (secondary N) is 4. The van der Waals surface area contributed by atoms with Crippen LogP contribution in [0, 0.1) is 5.92 Å². The third kappa shape index (κ3) is 6.85. The molecule has 1 aromatic heterocycles. The average molecular weight is 356 g/mol. The second-order valence-corrected chi connectivity index (χ2v) is 5.57. The normalized spacial score (nSPS) is 12.9. The second kappa shape index (κ2) is 9.20. The number of carbonyl (C=O) groups is 4. The van der Waals surface area contributed by atoms with Crippen molar-refractivity contribution in [3.05, 3.63) is 12.2 Å². The van der Waals surface area contributed by atoms with Crippen molar-refractivity contribution < 1.29 is 29.4 Å². The van der Waals surface area contributed by atoms with Crippen molar-refractivity contribution in [3.63, 3.8) is 0 Å². The summed E-state index contributed by atoms with van der Waals surface area (Å²) in [5.41, 5.74) is 0.